The highest BCUT2D eigenvalue weighted by molar-refractivity contribution is 5.67. The molecule has 2 aliphatic heterocycles. The zero-order valence-corrected chi connectivity index (χ0v) is 11.4. The molecule has 5 heteroatoms. The number of rotatable bonds is 3. The van der Waals surface area contributed by atoms with Gasteiger partial charge in [-0.25, -0.2) is 0 Å². The van der Waals surface area contributed by atoms with Crippen LogP contribution in [0.4, 0.5) is 5.69 Å². The van der Waals surface area contributed by atoms with Crippen molar-refractivity contribution in [2.75, 3.05) is 31.2 Å². The van der Waals surface area contributed by atoms with Crippen molar-refractivity contribution >= 4 is 11.7 Å². The SMILES string of the molecule is O=C(O)CC1CCN(c2ccc3c(c2)OCCO3)CC1. The lowest BCUT2D eigenvalue weighted by atomic mass is 9.93. The maximum Gasteiger partial charge on any atom is 0.303 e. The molecule has 0 saturated carbocycles. The molecule has 0 radical (unpaired) electrons. The van der Waals surface area contributed by atoms with E-state index in [1.54, 1.807) is 0 Å². The number of benzene rings is 1. The summed E-state index contributed by atoms with van der Waals surface area (Å²) in [7, 11) is 0. The summed E-state index contributed by atoms with van der Waals surface area (Å²) >= 11 is 0. The van der Waals surface area contributed by atoms with Crippen LogP contribution in [0.1, 0.15) is 19.3 Å². The van der Waals surface area contributed by atoms with E-state index < -0.39 is 5.97 Å². The molecule has 0 spiro atoms. The first-order valence-electron chi connectivity index (χ1n) is 7.09. The van der Waals surface area contributed by atoms with Crippen molar-refractivity contribution in [2.45, 2.75) is 19.3 Å². The predicted octanol–water partition coefficient (Wildman–Crippen LogP) is 2.15. The first-order chi connectivity index (χ1) is 9.72. The van der Waals surface area contributed by atoms with E-state index >= 15 is 0 Å². The highest BCUT2D eigenvalue weighted by Crippen LogP contribution is 2.35. The van der Waals surface area contributed by atoms with Gasteiger partial charge in [-0.1, -0.05) is 0 Å². The molecular formula is C15H19NO4. The molecule has 1 fully saturated rings. The van der Waals surface area contributed by atoms with Crippen LogP contribution in [0.2, 0.25) is 0 Å². The lowest BCUT2D eigenvalue weighted by Gasteiger charge is -2.33. The number of carboxylic acids is 1. The molecule has 3 rings (SSSR count). The zero-order chi connectivity index (χ0) is 13.9. The topological polar surface area (TPSA) is 59.0 Å². The Kier molecular flexibility index (Phi) is 3.67. The van der Waals surface area contributed by atoms with Gasteiger partial charge in [0.1, 0.15) is 13.2 Å². The van der Waals surface area contributed by atoms with Crippen LogP contribution < -0.4 is 14.4 Å². The van der Waals surface area contributed by atoms with Crippen molar-refractivity contribution in [3.8, 4) is 11.5 Å². The molecule has 2 aliphatic rings. The van der Waals surface area contributed by atoms with Crippen LogP contribution in [0.3, 0.4) is 0 Å². The Morgan fingerprint density at radius 3 is 2.60 bits per heavy atom. The van der Waals surface area contributed by atoms with Gasteiger partial charge in [0.15, 0.2) is 11.5 Å². The van der Waals surface area contributed by atoms with Gasteiger partial charge in [0.2, 0.25) is 0 Å². The van der Waals surface area contributed by atoms with Crippen molar-refractivity contribution < 1.29 is 19.4 Å². The van der Waals surface area contributed by atoms with Crippen LogP contribution in [0.25, 0.3) is 0 Å². The summed E-state index contributed by atoms with van der Waals surface area (Å²) in [5.74, 6) is 1.23. The van der Waals surface area contributed by atoms with Crippen molar-refractivity contribution in [3.63, 3.8) is 0 Å². The summed E-state index contributed by atoms with van der Waals surface area (Å²) in [5, 5.41) is 8.84. The highest BCUT2D eigenvalue weighted by Gasteiger charge is 2.22. The van der Waals surface area contributed by atoms with Crippen molar-refractivity contribution in [1.82, 2.24) is 0 Å². The summed E-state index contributed by atoms with van der Waals surface area (Å²) in [6.45, 7) is 3.00. The molecule has 1 saturated heterocycles. The van der Waals surface area contributed by atoms with Gasteiger partial charge >= 0.3 is 5.97 Å². The summed E-state index contributed by atoms with van der Waals surface area (Å²) in [5.41, 5.74) is 1.13. The Balaban J connectivity index is 1.64. The van der Waals surface area contributed by atoms with Crippen LogP contribution in [0, 0.1) is 5.92 Å². The number of ether oxygens (including phenoxy) is 2. The highest BCUT2D eigenvalue weighted by atomic mass is 16.6. The molecule has 1 aromatic carbocycles. The summed E-state index contributed by atoms with van der Waals surface area (Å²) in [6.07, 6.45) is 2.15. The first kappa shape index (κ1) is 13.1. The van der Waals surface area contributed by atoms with E-state index in [-0.39, 0.29) is 6.42 Å². The van der Waals surface area contributed by atoms with Crippen LogP contribution in [-0.4, -0.2) is 37.4 Å². The van der Waals surface area contributed by atoms with E-state index in [1.165, 1.54) is 0 Å². The standard InChI is InChI=1S/C15H19NO4/c17-15(18)9-11-3-5-16(6-4-11)12-1-2-13-14(10-12)20-8-7-19-13/h1-2,10-11H,3-9H2,(H,17,18). The zero-order valence-electron chi connectivity index (χ0n) is 11.4. The fourth-order valence-electron chi connectivity index (χ4n) is 2.87. The van der Waals surface area contributed by atoms with Gasteiger partial charge < -0.3 is 19.5 Å². The lowest BCUT2D eigenvalue weighted by Crippen LogP contribution is -2.34. The van der Waals surface area contributed by atoms with E-state index in [1.807, 2.05) is 18.2 Å². The molecule has 0 amide bonds. The number of piperidine rings is 1. The summed E-state index contributed by atoms with van der Waals surface area (Å²) < 4.78 is 11.1. The van der Waals surface area contributed by atoms with Gasteiger partial charge in [0, 0.05) is 31.3 Å². The summed E-state index contributed by atoms with van der Waals surface area (Å²) in [6, 6.07) is 6.02. The van der Waals surface area contributed by atoms with Gasteiger partial charge in [0.05, 0.1) is 0 Å². The van der Waals surface area contributed by atoms with Gasteiger partial charge in [-0.2, -0.15) is 0 Å². The Bertz CT molecular complexity index is 495. The second kappa shape index (κ2) is 5.61. The van der Waals surface area contributed by atoms with E-state index in [0.717, 1.165) is 43.1 Å². The largest absolute Gasteiger partial charge is 0.486 e. The molecular weight excluding hydrogens is 258 g/mol. The average molecular weight is 277 g/mol. The van der Waals surface area contributed by atoms with Gasteiger partial charge in [-0.3, -0.25) is 4.79 Å². The minimum atomic E-state index is -0.692. The quantitative estimate of drug-likeness (QED) is 0.917. The number of hydrogen-bond donors (Lipinski definition) is 1. The van der Waals surface area contributed by atoms with E-state index in [2.05, 4.69) is 4.90 Å². The minimum absolute atomic E-state index is 0.287. The van der Waals surface area contributed by atoms with Crippen molar-refractivity contribution in [1.29, 1.82) is 0 Å². The minimum Gasteiger partial charge on any atom is -0.486 e. The van der Waals surface area contributed by atoms with E-state index in [4.69, 9.17) is 14.6 Å². The molecule has 0 unspecified atom stereocenters. The Labute approximate surface area is 118 Å². The second-order valence-corrected chi connectivity index (χ2v) is 5.36. The third-order valence-electron chi connectivity index (χ3n) is 3.97. The maximum atomic E-state index is 10.7. The molecule has 108 valence electrons. The van der Waals surface area contributed by atoms with Crippen LogP contribution in [0.5, 0.6) is 11.5 Å². The van der Waals surface area contributed by atoms with E-state index in [0.29, 0.717) is 19.1 Å². The number of fused-ring (bicyclic) bond motifs is 1. The first-order valence-corrected chi connectivity index (χ1v) is 7.09. The molecule has 0 atom stereocenters. The van der Waals surface area contributed by atoms with Gasteiger partial charge in [0.25, 0.3) is 0 Å². The van der Waals surface area contributed by atoms with E-state index in [9.17, 15) is 4.79 Å². The second-order valence-electron chi connectivity index (χ2n) is 5.36. The number of carbonyl (C=O) groups is 1. The number of nitrogens with zero attached hydrogens (tertiary/aromatic N) is 1. The number of hydrogen-bond acceptors (Lipinski definition) is 4. The fraction of sp³-hybridized carbons (Fsp3) is 0.533. The summed E-state index contributed by atoms with van der Waals surface area (Å²) in [4.78, 5) is 13.0. The maximum absolute atomic E-state index is 10.7. The lowest BCUT2D eigenvalue weighted by molar-refractivity contribution is -0.138. The van der Waals surface area contributed by atoms with Crippen LogP contribution in [0.15, 0.2) is 18.2 Å². The fourth-order valence-corrected chi connectivity index (χ4v) is 2.87. The number of carboxylic acid groups (broad SMARTS) is 1. The third-order valence-corrected chi connectivity index (χ3v) is 3.97. The van der Waals surface area contributed by atoms with Crippen molar-refractivity contribution in [2.24, 2.45) is 5.92 Å². The Morgan fingerprint density at radius 2 is 1.90 bits per heavy atom. The molecule has 2 heterocycles. The van der Waals surface area contributed by atoms with Gasteiger partial charge in [-0.05, 0) is 30.9 Å². The molecule has 0 bridgehead atoms. The third kappa shape index (κ3) is 2.81. The smallest absolute Gasteiger partial charge is 0.303 e. The van der Waals surface area contributed by atoms with Gasteiger partial charge in [-0.15, -0.1) is 0 Å². The monoisotopic (exact) mass is 277 g/mol. The average Bonchev–Trinajstić information content (AvgIpc) is 2.47. The van der Waals surface area contributed by atoms with Crippen molar-refractivity contribution in [3.05, 3.63) is 18.2 Å². The number of anilines is 1. The number of aliphatic carboxylic acids is 1. The molecule has 0 aliphatic carbocycles. The molecule has 1 aromatic rings. The predicted molar refractivity (Wildman–Crippen MR) is 74.6 cm³/mol. The molecule has 20 heavy (non-hydrogen) atoms. The molecule has 0 aromatic heterocycles. The Hall–Kier alpha value is -1.91. The Morgan fingerprint density at radius 1 is 1.20 bits per heavy atom. The molecule has 5 nitrogen and oxygen atoms in total. The normalized spacial score (nSPS) is 18.9. The molecule has 1 N–H and O–H groups in total. The van der Waals surface area contributed by atoms with Crippen LogP contribution in [-0.2, 0) is 4.79 Å². The van der Waals surface area contributed by atoms with Crippen LogP contribution >= 0.6 is 0 Å².